The van der Waals surface area contributed by atoms with Crippen molar-refractivity contribution in [3.05, 3.63) is 46.5 Å². The Morgan fingerprint density at radius 2 is 2.00 bits per heavy atom. The van der Waals surface area contributed by atoms with Gasteiger partial charge < -0.3 is 9.88 Å². The van der Waals surface area contributed by atoms with Crippen LogP contribution >= 0.6 is 23.2 Å². The molecule has 0 spiro atoms. The first-order valence-electron chi connectivity index (χ1n) is 6.79. The van der Waals surface area contributed by atoms with Crippen LogP contribution in [0.25, 0.3) is 5.69 Å². The predicted octanol–water partition coefficient (Wildman–Crippen LogP) is 3.82. The molecule has 1 aromatic carbocycles. The maximum atomic E-state index is 6.33. The lowest BCUT2D eigenvalue weighted by Crippen LogP contribution is -2.38. The van der Waals surface area contributed by atoms with Gasteiger partial charge in [0, 0.05) is 22.3 Å². The quantitative estimate of drug-likeness (QED) is 0.914. The molecule has 0 unspecified atom stereocenters. The standard InChI is InChI=1S/C15H17Cl2N3/c1-15(4-6-18-7-5-15)14-9-19-10-20(14)13-3-2-11(16)8-12(13)17/h2-3,8-10,18H,4-7H2,1H3. The summed E-state index contributed by atoms with van der Waals surface area (Å²) in [5.74, 6) is 0. The Morgan fingerprint density at radius 1 is 1.25 bits per heavy atom. The van der Waals surface area contributed by atoms with Crippen LogP contribution in [-0.4, -0.2) is 22.6 Å². The van der Waals surface area contributed by atoms with Crippen LogP contribution in [0.5, 0.6) is 0 Å². The van der Waals surface area contributed by atoms with Crippen LogP contribution < -0.4 is 5.32 Å². The van der Waals surface area contributed by atoms with Crippen LogP contribution in [0.3, 0.4) is 0 Å². The number of benzene rings is 1. The fourth-order valence-corrected chi connectivity index (χ4v) is 3.34. The summed E-state index contributed by atoms with van der Waals surface area (Å²) in [6.07, 6.45) is 5.99. The molecule has 1 N–H and O–H groups in total. The minimum Gasteiger partial charge on any atom is -0.317 e. The number of imidazole rings is 1. The lowest BCUT2D eigenvalue weighted by molar-refractivity contribution is 0.324. The highest BCUT2D eigenvalue weighted by molar-refractivity contribution is 6.35. The summed E-state index contributed by atoms with van der Waals surface area (Å²) in [6.45, 7) is 4.37. The molecule has 0 aliphatic carbocycles. The van der Waals surface area contributed by atoms with Gasteiger partial charge in [-0.3, -0.25) is 0 Å². The molecule has 20 heavy (non-hydrogen) atoms. The zero-order chi connectivity index (χ0) is 14.2. The van der Waals surface area contributed by atoms with E-state index in [1.165, 1.54) is 5.69 Å². The highest BCUT2D eigenvalue weighted by Gasteiger charge is 2.32. The Bertz CT molecular complexity index is 615. The average Bonchev–Trinajstić information content (AvgIpc) is 2.89. The van der Waals surface area contributed by atoms with E-state index in [0.29, 0.717) is 10.0 Å². The maximum absolute atomic E-state index is 6.33. The van der Waals surface area contributed by atoms with Crippen molar-refractivity contribution in [3.63, 3.8) is 0 Å². The third kappa shape index (κ3) is 2.46. The maximum Gasteiger partial charge on any atom is 0.0994 e. The molecule has 2 heterocycles. The van der Waals surface area contributed by atoms with Gasteiger partial charge in [0.15, 0.2) is 0 Å². The van der Waals surface area contributed by atoms with Crippen molar-refractivity contribution in [1.29, 1.82) is 0 Å². The van der Waals surface area contributed by atoms with E-state index in [-0.39, 0.29) is 5.41 Å². The van der Waals surface area contributed by atoms with Crippen molar-refractivity contribution in [3.8, 4) is 5.69 Å². The second kappa shape index (κ2) is 5.40. The van der Waals surface area contributed by atoms with Crippen molar-refractivity contribution in [2.75, 3.05) is 13.1 Å². The number of nitrogens with zero attached hydrogens (tertiary/aromatic N) is 2. The van der Waals surface area contributed by atoms with E-state index in [1.807, 2.05) is 24.7 Å². The summed E-state index contributed by atoms with van der Waals surface area (Å²) in [4.78, 5) is 4.33. The molecule has 1 aliphatic heterocycles. The fraction of sp³-hybridized carbons (Fsp3) is 0.400. The predicted molar refractivity (Wildman–Crippen MR) is 83.0 cm³/mol. The van der Waals surface area contributed by atoms with Gasteiger partial charge in [0.05, 0.1) is 17.0 Å². The van der Waals surface area contributed by atoms with Gasteiger partial charge in [0.25, 0.3) is 0 Å². The summed E-state index contributed by atoms with van der Waals surface area (Å²) >= 11 is 12.3. The highest BCUT2D eigenvalue weighted by Crippen LogP contribution is 2.35. The van der Waals surface area contributed by atoms with Crippen LogP contribution in [0.15, 0.2) is 30.7 Å². The Hall–Kier alpha value is -1.03. The molecule has 1 saturated heterocycles. The minimum atomic E-state index is 0.130. The van der Waals surface area contributed by atoms with Gasteiger partial charge >= 0.3 is 0 Å². The first-order chi connectivity index (χ1) is 9.60. The lowest BCUT2D eigenvalue weighted by atomic mass is 9.78. The van der Waals surface area contributed by atoms with Gasteiger partial charge in [-0.15, -0.1) is 0 Å². The van der Waals surface area contributed by atoms with E-state index < -0.39 is 0 Å². The Labute approximate surface area is 128 Å². The molecule has 1 aromatic heterocycles. The van der Waals surface area contributed by atoms with Crippen molar-refractivity contribution in [2.24, 2.45) is 0 Å². The first-order valence-corrected chi connectivity index (χ1v) is 7.55. The fourth-order valence-electron chi connectivity index (χ4n) is 2.84. The van der Waals surface area contributed by atoms with Gasteiger partial charge in [0.2, 0.25) is 0 Å². The smallest absolute Gasteiger partial charge is 0.0994 e. The van der Waals surface area contributed by atoms with Crippen LogP contribution in [0, 0.1) is 0 Å². The SMILES string of the molecule is CC1(c2cncn2-c2ccc(Cl)cc2Cl)CCNCC1. The molecule has 0 bridgehead atoms. The summed E-state index contributed by atoms with van der Waals surface area (Å²) in [5.41, 5.74) is 2.27. The van der Waals surface area contributed by atoms with E-state index in [4.69, 9.17) is 23.2 Å². The van der Waals surface area contributed by atoms with Crippen molar-refractivity contribution in [1.82, 2.24) is 14.9 Å². The monoisotopic (exact) mass is 309 g/mol. The highest BCUT2D eigenvalue weighted by atomic mass is 35.5. The van der Waals surface area contributed by atoms with E-state index in [9.17, 15) is 0 Å². The molecule has 1 aliphatic rings. The zero-order valence-corrected chi connectivity index (χ0v) is 12.9. The molecule has 106 valence electrons. The second-order valence-electron chi connectivity index (χ2n) is 5.56. The van der Waals surface area contributed by atoms with Gasteiger partial charge in [-0.05, 0) is 44.1 Å². The Kier molecular flexibility index (Phi) is 3.76. The third-order valence-corrected chi connectivity index (χ3v) is 4.67. The lowest BCUT2D eigenvalue weighted by Gasteiger charge is -2.34. The van der Waals surface area contributed by atoms with Crippen molar-refractivity contribution >= 4 is 23.2 Å². The third-order valence-electron chi connectivity index (χ3n) is 4.13. The average molecular weight is 310 g/mol. The first kappa shape index (κ1) is 13.9. The van der Waals surface area contributed by atoms with Gasteiger partial charge in [0.1, 0.15) is 0 Å². The molecule has 1 fully saturated rings. The number of rotatable bonds is 2. The number of aromatic nitrogens is 2. The number of piperidine rings is 1. The van der Waals surface area contributed by atoms with Crippen LogP contribution in [0.4, 0.5) is 0 Å². The number of nitrogens with one attached hydrogen (secondary N) is 1. The van der Waals surface area contributed by atoms with E-state index in [2.05, 4.69) is 21.8 Å². The molecule has 3 nitrogen and oxygen atoms in total. The van der Waals surface area contributed by atoms with Gasteiger partial charge in [-0.2, -0.15) is 0 Å². The molecule has 5 heteroatoms. The molecule has 0 atom stereocenters. The Morgan fingerprint density at radius 3 is 2.70 bits per heavy atom. The normalized spacial score (nSPS) is 18.1. The minimum absolute atomic E-state index is 0.130. The van der Waals surface area contributed by atoms with Crippen LogP contribution in [0.2, 0.25) is 10.0 Å². The molecule has 0 saturated carbocycles. The summed E-state index contributed by atoms with van der Waals surface area (Å²) in [6, 6.07) is 5.57. The van der Waals surface area contributed by atoms with Crippen molar-refractivity contribution in [2.45, 2.75) is 25.2 Å². The number of hydrogen-bond acceptors (Lipinski definition) is 2. The summed E-state index contributed by atoms with van der Waals surface area (Å²) < 4.78 is 2.09. The summed E-state index contributed by atoms with van der Waals surface area (Å²) in [5, 5.41) is 4.70. The van der Waals surface area contributed by atoms with Gasteiger partial charge in [-0.1, -0.05) is 30.1 Å². The molecular weight excluding hydrogens is 293 g/mol. The largest absolute Gasteiger partial charge is 0.317 e. The second-order valence-corrected chi connectivity index (χ2v) is 6.40. The number of halogens is 2. The van der Waals surface area contributed by atoms with E-state index in [1.54, 1.807) is 6.07 Å². The molecular formula is C15H17Cl2N3. The molecule has 0 amide bonds. The van der Waals surface area contributed by atoms with Crippen LogP contribution in [0.1, 0.15) is 25.5 Å². The van der Waals surface area contributed by atoms with E-state index in [0.717, 1.165) is 31.6 Å². The molecule has 0 radical (unpaired) electrons. The topological polar surface area (TPSA) is 29.9 Å². The van der Waals surface area contributed by atoms with Gasteiger partial charge in [-0.25, -0.2) is 4.98 Å². The Balaban J connectivity index is 2.05. The van der Waals surface area contributed by atoms with Crippen LogP contribution in [-0.2, 0) is 5.41 Å². The zero-order valence-electron chi connectivity index (χ0n) is 11.4. The number of hydrogen-bond donors (Lipinski definition) is 1. The van der Waals surface area contributed by atoms with Crippen molar-refractivity contribution < 1.29 is 0 Å². The molecule has 3 rings (SSSR count). The summed E-state index contributed by atoms with van der Waals surface area (Å²) in [7, 11) is 0. The van der Waals surface area contributed by atoms with E-state index >= 15 is 0 Å². The molecule has 2 aromatic rings.